The number of carbonyl (C=O) groups is 1. The molecule has 1 amide bonds. The van der Waals surface area contributed by atoms with Crippen molar-refractivity contribution >= 4 is 11.6 Å². The van der Waals surface area contributed by atoms with Gasteiger partial charge in [-0.1, -0.05) is 31.5 Å². The number of hydrogen-bond donors (Lipinski definition) is 0. The zero-order chi connectivity index (χ0) is 14.3. The first-order chi connectivity index (χ1) is 9.10. The molecule has 0 saturated carbocycles. The summed E-state index contributed by atoms with van der Waals surface area (Å²) < 4.78 is 0. The lowest BCUT2D eigenvalue weighted by atomic mass is 10.2. The molecule has 1 rings (SSSR count). The molecule has 0 unspecified atom stereocenters. The summed E-state index contributed by atoms with van der Waals surface area (Å²) in [5.74, 6) is 0.176. The van der Waals surface area contributed by atoms with Crippen molar-refractivity contribution in [3.8, 4) is 0 Å². The summed E-state index contributed by atoms with van der Waals surface area (Å²) >= 11 is 0. The van der Waals surface area contributed by atoms with Crippen LogP contribution >= 0.6 is 0 Å². The summed E-state index contributed by atoms with van der Waals surface area (Å²) in [4.78, 5) is 16.4. The highest BCUT2D eigenvalue weighted by Crippen LogP contribution is 2.19. The minimum atomic E-state index is 0.176. The number of anilines is 1. The maximum Gasteiger partial charge on any atom is 0.241 e. The van der Waals surface area contributed by atoms with Crippen molar-refractivity contribution in [1.29, 1.82) is 0 Å². The Bertz CT molecular complexity index is 403. The van der Waals surface area contributed by atoms with E-state index < -0.39 is 0 Å². The van der Waals surface area contributed by atoms with E-state index in [4.69, 9.17) is 0 Å². The number of nitrogens with zero attached hydrogens (tertiary/aromatic N) is 2. The zero-order valence-electron chi connectivity index (χ0n) is 12.6. The third-order valence-electron chi connectivity index (χ3n) is 3.32. The summed E-state index contributed by atoms with van der Waals surface area (Å²) in [6.45, 7) is 8.42. The fraction of sp³-hybridized carbons (Fsp3) is 0.562. The molecule has 1 aromatic carbocycles. The Hall–Kier alpha value is -1.35. The van der Waals surface area contributed by atoms with E-state index in [1.807, 2.05) is 50.1 Å². The van der Waals surface area contributed by atoms with Gasteiger partial charge in [0.05, 0.1) is 6.54 Å². The van der Waals surface area contributed by atoms with E-state index in [2.05, 4.69) is 11.8 Å². The molecule has 3 heteroatoms. The van der Waals surface area contributed by atoms with Crippen molar-refractivity contribution in [3.05, 3.63) is 29.8 Å². The Morgan fingerprint density at radius 1 is 1.21 bits per heavy atom. The van der Waals surface area contributed by atoms with E-state index >= 15 is 0 Å². The third-order valence-corrected chi connectivity index (χ3v) is 3.32. The zero-order valence-corrected chi connectivity index (χ0v) is 12.6. The molecule has 106 valence electrons. The van der Waals surface area contributed by atoms with Crippen LogP contribution in [0.4, 0.5) is 5.69 Å². The molecule has 0 radical (unpaired) electrons. The van der Waals surface area contributed by atoms with Crippen molar-refractivity contribution < 1.29 is 4.79 Å². The van der Waals surface area contributed by atoms with Gasteiger partial charge in [0.25, 0.3) is 0 Å². The van der Waals surface area contributed by atoms with Gasteiger partial charge in [-0.15, -0.1) is 0 Å². The molecular formula is C16H26N2O. The van der Waals surface area contributed by atoms with Crippen LogP contribution in [0.1, 0.15) is 32.3 Å². The molecule has 0 heterocycles. The maximum atomic E-state index is 12.4. The number of para-hydroxylation sites is 1. The minimum absolute atomic E-state index is 0.176. The molecule has 0 aliphatic heterocycles. The predicted octanol–water partition coefficient (Wildman–Crippen LogP) is 3.08. The van der Waals surface area contributed by atoms with Crippen LogP contribution in [0.15, 0.2) is 24.3 Å². The number of benzene rings is 1. The SMILES string of the molecule is CCCCN(C)CC(=O)N(CC)c1ccccc1C. The first-order valence-electron chi connectivity index (χ1n) is 7.14. The molecule has 0 saturated heterocycles. The number of amides is 1. The first-order valence-corrected chi connectivity index (χ1v) is 7.14. The maximum absolute atomic E-state index is 12.4. The van der Waals surface area contributed by atoms with Gasteiger partial charge in [0.1, 0.15) is 0 Å². The quantitative estimate of drug-likeness (QED) is 0.754. The predicted molar refractivity (Wildman–Crippen MR) is 81.6 cm³/mol. The molecule has 0 aliphatic rings. The van der Waals surface area contributed by atoms with Gasteiger partial charge in [0, 0.05) is 12.2 Å². The largest absolute Gasteiger partial charge is 0.311 e. The van der Waals surface area contributed by atoms with Crippen LogP contribution in [0, 0.1) is 6.92 Å². The molecular weight excluding hydrogens is 236 g/mol. The van der Waals surface area contributed by atoms with E-state index in [0.717, 1.165) is 30.6 Å². The second-order valence-electron chi connectivity index (χ2n) is 5.02. The van der Waals surface area contributed by atoms with Gasteiger partial charge in [-0.25, -0.2) is 0 Å². The molecule has 0 aliphatic carbocycles. The van der Waals surface area contributed by atoms with E-state index in [9.17, 15) is 4.79 Å². The van der Waals surface area contributed by atoms with Crippen LogP contribution in [0.3, 0.4) is 0 Å². The third kappa shape index (κ3) is 4.67. The highest BCUT2D eigenvalue weighted by Gasteiger charge is 2.16. The van der Waals surface area contributed by atoms with Crippen molar-refractivity contribution in [2.75, 3.05) is 31.6 Å². The average Bonchev–Trinajstić information content (AvgIpc) is 2.39. The van der Waals surface area contributed by atoms with Crippen molar-refractivity contribution in [3.63, 3.8) is 0 Å². The topological polar surface area (TPSA) is 23.6 Å². The second-order valence-corrected chi connectivity index (χ2v) is 5.02. The lowest BCUT2D eigenvalue weighted by Crippen LogP contribution is -2.39. The Labute approximate surface area is 117 Å². The van der Waals surface area contributed by atoms with Gasteiger partial charge in [-0.05, 0) is 45.5 Å². The van der Waals surface area contributed by atoms with Gasteiger partial charge < -0.3 is 4.90 Å². The van der Waals surface area contributed by atoms with Gasteiger partial charge in [-0.3, -0.25) is 9.69 Å². The van der Waals surface area contributed by atoms with E-state index in [1.165, 1.54) is 0 Å². The monoisotopic (exact) mass is 262 g/mol. The van der Waals surface area contributed by atoms with Gasteiger partial charge >= 0.3 is 0 Å². The summed E-state index contributed by atoms with van der Waals surface area (Å²) in [5, 5.41) is 0. The number of hydrogen-bond acceptors (Lipinski definition) is 2. The molecule has 3 nitrogen and oxygen atoms in total. The molecule has 0 N–H and O–H groups in total. The molecule has 0 bridgehead atoms. The van der Waals surface area contributed by atoms with Crippen LogP contribution in [0.25, 0.3) is 0 Å². The smallest absolute Gasteiger partial charge is 0.241 e. The summed E-state index contributed by atoms with van der Waals surface area (Å²) in [6, 6.07) is 8.05. The lowest BCUT2D eigenvalue weighted by Gasteiger charge is -2.25. The molecule has 0 atom stereocenters. The summed E-state index contributed by atoms with van der Waals surface area (Å²) in [5.41, 5.74) is 2.17. The highest BCUT2D eigenvalue weighted by atomic mass is 16.2. The van der Waals surface area contributed by atoms with Crippen molar-refractivity contribution in [1.82, 2.24) is 4.90 Å². The van der Waals surface area contributed by atoms with Crippen LogP contribution in [0.5, 0.6) is 0 Å². The van der Waals surface area contributed by atoms with E-state index in [-0.39, 0.29) is 5.91 Å². The number of aryl methyl sites for hydroxylation is 1. The molecule has 0 aromatic heterocycles. The molecule has 1 aromatic rings. The normalized spacial score (nSPS) is 10.8. The highest BCUT2D eigenvalue weighted by molar-refractivity contribution is 5.95. The summed E-state index contributed by atoms with van der Waals surface area (Å²) in [6.07, 6.45) is 2.30. The van der Waals surface area contributed by atoms with E-state index in [1.54, 1.807) is 0 Å². The number of carbonyl (C=O) groups excluding carboxylic acids is 1. The van der Waals surface area contributed by atoms with Crippen LogP contribution < -0.4 is 4.90 Å². The lowest BCUT2D eigenvalue weighted by molar-refractivity contribution is -0.119. The van der Waals surface area contributed by atoms with Gasteiger partial charge in [0.15, 0.2) is 0 Å². The van der Waals surface area contributed by atoms with Crippen molar-refractivity contribution in [2.24, 2.45) is 0 Å². The van der Waals surface area contributed by atoms with Crippen LogP contribution in [0.2, 0.25) is 0 Å². The molecule has 19 heavy (non-hydrogen) atoms. The van der Waals surface area contributed by atoms with Crippen LogP contribution in [-0.2, 0) is 4.79 Å². The Morgan fingerprint density at radius 2 is 1.89 bits per heavy atom. The summed E-state index contributed by atoms with van der Waals surface area (Å²) in [7, 11) is 2.01. The number of rotatable bonds is 7. The second kappa shape index (κ2) is 7.95. The Morgan fingerprint density at radius 3 is 2.47 bits per heavy atom. The average molecular weight is 262 g/mol. The van der Waals surface area contributed by atoms with Gasteiger partial charge in [0.2, 0.25) is 5.91 Å². The first kappa shape index (κ1) is 15.7. The Balaban J connectivity index is 2.70. The van der Waals surface area contributed by atoms with Crippen LogP contribution in [-0.4, -0.2) is 37.5 Å². The van der Waals surface area contributed by atoms with E-state index in [0.29, 0.717) is 13.1 Å². The minimum Gasteiger partial charge on any atom is -0.311 e. The Kier molecular flexibility index (Phi) is 6.57. The number of unbranched alkanes of at least 4 members (excludes halogenated alkanes) is 1. The fourth-order valence-electron chi connectivity index (χ4n) is 2.17. The molecule has 0 spiro atoms. The fourth-order valence-corrected chi connectivity index (χ4v) is 2.17. The molecule has 0 fully saturated rings. The standard InChI is InChI=1S/C16H26N2O/c1-5-7-12-17(4)13-16(19)18(6-2)15-11-9-8-10-14(15)3/h8-11H,5-7,12-13H2,1-4H3. The number of likely N-dealkylation sites (N-methyl/N-ethyl adjacent to an activating group) is 2. The van der Waals surface area contributed by atoms with Gasteiger partial charge in [-0.2, -0.15) is 0 Å². The van der Waals surface area contributed by atoms with Crippen molar-refractivity contribution in [2.45, 2.75) is 33.6 Å².